The minimum atomic E-state index is -0.0329. The van der Waals surface area contributed by atoms with Gasteiger partial charge in [-0.3, -0.25) is 4.79 Å². The zero-order valence-corrected chi connectivity index (χ0v) is 12.2. The molecule has 0 bridgehead atoms. The molecule has 2 aromatic rings. The lowest BCUT2D eigenvalue weighted by atomic mass is 10.1. The molecule has 104 valence electrons. The Kier molecular flexibility index (Phi) is 3.22. The van der Waals surface area contributed by atoms with Crippen LogP contribution >= 0.6 is 11.6 Å². The van der Waals surface area contributed by atoms with Gasteiger partial charge in [0.1, 0.15) is 0 Å². The first-order valence-electron chi connectivity index (χ1n) is 6.53. The van der Waals surface area contributed by atoms with E-state index in [4.69, 9.17) is 11.6 Å². The summed E-state index contributed by atoms with van der Waals surface area (Å²) in [6, 6.07) is 1.83. The maximum atomic E-state index is 12.4. The van der Waals surface area contributed by atoms with Crippen LogP contribution in [0.5, 0.6) is 0 Å². The summed E-state index contributed by atoms with van der Waals surface area (Å²) in [4.78, 5) is 17.9. The number of aromatic nitrogens is 3. The van der Waals surface area contributed by atoms with Crippen LogP contribution in [0.4, 0.5) is 0 Å². The Labute approximate surface area is 121 Å². The SMILES string of the molecule is CN(C)C(=O)c1cc2cnc(Cl)nn2c1C1=CCCC1. The normalized spacial score (nSPS) is 14.7. The first kappa shape index (κ1) is 13.1. The molecule has 1 aliphatic carbocycles. The molecule has 5 nitrogen and oxygen atoms in total. The van der Waals surface area contributed by atoms with Crippen LogP contribution in [0.15, 0.2) is 18.3 Å². The number of hydrogen-bond acceptors (Lipinski definition) is 3. The van der Waals surface area contributed by atoms with Crippen molar-refractivity contribution in [2.75, 3.05) is 14.1 Å². The number of fused-ring (bicyclic) bond motifs is 1. The third-order valence-electron chi connectivity index (χ3n) is 3.47. The first-order valence-corrected chi connectivity index (χ1v) is 6.91. The molecule has 1 aliphatic rings. The monoisotopic (exact) mass is 290 g/mol. The lowest BCUT2D eigenvalue weighted by Crippen LogP contribution is -2.22. The van der Waals surface area contributed by atoms with Crippen molar-refractivity contribution in [3.05, 3.63) is 34.9 Å². The Morgan fingerprint density at radius 2 is 2.25 bits per heavy atom. The van der Waals surface area contributed by atoms with Crippen molar-refractivity contribution < 1.29 is 4.79 Å². The third kappa shape index (κ3) is 2.08. The van der Waals surface area contributed by atoms with Crippen LogP contribution < -0.4 is 0 Å². The van der Waals surface area contributed by atoms with Crippen LogP contribution in [-0.2, 0) is 0 Å². The van der Waals surface area contributed by atoms with Gasteiger partial charge in [0.15, 0.2) is 0 Å². The summed E-state index contributed by atoms with van der Waals surface area (Å²) in [6.45, 7) is 0. The highest BCUT2D eigenvalue weighted by Gasteiger charge is 2.23. The predicted octanol–water partition coefficient (Wildman–Crippen LogP) is 2.65. The smallest absolute Gasteiger partial charge is 0.255 e. The van der Waals surface area contributed by atoms with E-state index in [1.807, 2.05) is 6.07 Å². The van der Waals surface area contributed by atoms with Gasteiger partial charge in [0.2, 0.25) is 5.28 Å². The van der Waals surface area contributed by atoms with E-state index < -0.39 is 0 Å². The molecule has 0 unspecified atom stereocenters. The van der Waals surface area contributed by atoms with E-state index in [0.29, 0.717) is 5.56 Å². The fourth-order valence-electron chi connectivity index (χ4n) is 2.55. The number of allylic oxidation sites excluding steroid dienone is 2. The minimum Gasteiger partial charge on any atom is -0.345 e. The number of halogens is 1. The van der Waals surface area contributed by atoms with Crippen molar-refractivity contribution in [2.24, 2.45) is 0 Å². The number of rotatable bonds is 2. The van der Waals surface area contributed by atoms with Crippen LogP contribution in [0, 0.1) is 0 Å². The van der Waals surface area contributed by atoms with Gasteiger partial charge in [-0.15, -0.1) is 5.10 Å². The van der Waals surface area contributed by atoms with Crippen LogP contribution in [0.2, 0.25) is 5.28 Å². The molecule has 2 heterocycles. The molecule has 0 N–H and O–H groups in total. The lowest BCUT2D eigenvalue weighted by Gasteiger charge is -2.11. The molecule has 0 aliphatic heterocycles. The Hall–Kier alpha value is -1.88. The summed E-state index contributed by atoms with van der Waals surface area (Å²) >= 11 is 5.89. The summed E-state index contributed by atoms with van der Waals surface area (Å²) in [5, 5.41) is 4.42. The van der Waals surface area contributed by atoms with Crippen LogP contribution in [-0.4, -0.2) is 39.5 Å². The number of carbonyl (C=O) groups excluding carboxylic acids is 1. The molecule has 0 spiro atoms. The first-order chi connectivity index (χ1) is 9.58. The van der Waals surface area contributed by atoms with E-state index in [2.05, 4.69) is 16.2 Å². The van der Waals surface area contributed by atoms with E-state index in [9.17, 15) is 4.79 Å². The highest BCUT2D eigenvalue weighted by atomic mass is 35.5. The number of hydrogen-bond donors (Lipinski definition) is 0. The second-order valence-corrected chi connectivity index (χ2v) is 5.43. The van der Waals surface area contributed by atoms with Crippen molar-refractivity contribution in [3.63, 3.8) is 0 Å². The number of nitrogens with zero attached hydrogens (tertiary/aromatic N) is 4. The Balaban J connectivity index is 2.28. The van der Waals surface area contributed by atoms with E-state index in [1.54, 1.807) is 29.7 Å². The molecule has 0 atom stereocenters. The van der Waals surface area contributed by atoms with E-state index >= 15 is 0 Å². The molecule has 1 amide bonds. The Morgan fingerprint density at radius 1 is 1.45 bits per heavy atom. The molecule has 3 rings (SSSR count). The summed E-state index contributed by atoms with van der Waals surface area (Å²) in [5.41, 5.74) is 3.44. The van der Waals surface area contributed by atoms with E-state index in [-0.39, 0.29) is 11.2 Å². The standard InChI is InChI=1S/C14H15ClN4O/c1-18(2)13(20)11-7-10-8-16-14(15)17-19(10)12(11)9-5-3-4-6-9/h5,7-8H,3-4,6H2,1-2H3. The summed E-state index contributed by atoms with van der Waals surface area (Å²) in [5.74, 6) is -0.0329. The molecule has 0 radical (unpaired) electrons. The number of carbonyl (C=O) groups is 1. The zero-order chi connectivity index (χ0) is 14.3. The van der Waals surface area contributed by atoms with Crippen LogP contribution in [0.3, 0.4) is 0 Å². The van der Waals surface area contributed by atoms with Crippen molar-refractivity contribution in [3.8, 4) is 0 Å². The van der Waals surface area contributed by atoms with Crippen molar-refractivity contribution in [2.45, 2.75) is 19.3 Å². The van der Waals surface area contributed by atoms with Gasteiger partial charge in [-0.1, -0.05) is 6.08 Å². The third-order valence-corrected chi connectivity index (χ3v) is 3.64. The fourth-order valence-corrected chi connectivity index (χ4v) is 2.67. The second-order valence-electron chi connectivity index (χ2n) is 5.09. The second kappa shape index (κ2) is 4.90. The molecule has 0 saturated carbocycles. The number of amides is 1. The molecule has 2 aromatic heterocycles. The molecule has 6 heteroatoms. The largest absolute Gasteiger partial charge is 0.345 e. The van der Waals surface area contributed by atoms with Gasteiger partial charge in [-0.2, -0.15) is 0 Å². The molecule has 20 heavy (non-hydrogen) atoms. The highest BCUT2D eigenvalue weighted by Crippen LogP contribution is 2.32. The Bertz CT molecular complexity index is 717. The van der Waals surface area contributed by atoms with E-state index in [0.717, 1.165) is 36.0 Å². The van der Waals surface area contributed by atoms with Gasteiger partial charge in [-0.25, -0.2) is 9.50 Å². The average Bonchev–Trinajstić information content (AvgIpc) is 3.03. The molecular formula is C14H15ClN4O. The van der Waals surface area contributed by atoms with Crippen molar-refractivity contribution in [1.82, 2.24) is 19.5 Å². The minimum absolute atomic E-state index is 0.0329. The van der Waals surface area contributed by atoms with Gasteiger partial charge in [0, 0.05) is 14.1 Å². The van der Waals surface area contributed by atoms with Crippen LogP contribution in [0.1, 0.15) is 35.3 Å². The van der Waals surface area contributed by atoms with Gasteiger partial charge in [0.25, 0.3) is 5.91 Å². The maximum absolute atomic E-state index is 12.4. The summed E-state index contributed by atoms with van der Waals surface area (Å²) < 4.78 is 1.73. The molecular weight excluding hydrogens is 276 g/mol. The van der Waals surface area contributed by atoms with Gasteiger partial charge in [-0.05, 0) is 42.5 Å². The maximum Gasteiger partial charge on any atom is 0.255 e. The lowest BCUT2D eigenvalue weighted by molar-refractivity contribution is 0.0827. The molecule has 0 saturated heterocycles. The van der Waals surface area contributed by atoms with E-state index in [1.165, 1.54) is 0 Å². The summed E-state index contributed by atoms with van der Waals surface area (Å²) in [7, 11) is 3.49. The zero-order valence-electron chi connectivity index (χ0n) is 11.4. The van der Waals surface area contributed by atoms with Crippen LogP contribution in [0.25, 0.3) is 11.1 Å². The highest BCUT2D eigenvalue weighted by molar-refractivity contribution is 6.28. The quantitative estimate of drug-likeness (QED) is 0.854. The molecule has 0 fully saturated rings. The van der Waals surface area contributed by atoms with Crippen molar-refractivity contribution in [1.29, 1.82) is 0 Å². The van der Waals surface area contributed by atoms with Crippen molar-refractivity contribution >= 4 is 28.6 Å². The topological polar surface area (TPSA) is 50.5 Å². The Morgan fingerprint density at radius 3 is 2.90 bits per heavy atom. The average molecular weight is 291 g/mol. The van der Waals surface area contributed by atoms with Gasteiger partial charge >= 0.3 is 0 Å². The predicted molar refractivity (Wildman–Crippen MR) is 77.8 cm³/mol. The van der Waals surface area contributed by atoms with Gasteiger partial charge < -0.3 is 4.90 Å². The van der Waals surface area contributed by atoms with Gasteiger partial charge in [0.05, 0.1) is 23.0 Å². The molecule has 0 aromatic carbocycles. The summed E-state index contributed by atoms with van der Waals surface area (Å²) in [6.07, 6.45) is 6.92. The fraction of sp³-hybridized carbons (Fsp3) is 0.357.